The Bertz CT molecular complexity index is 1720. The van der Waals surface area contributed by atoms with Gasteiger partial charge in [0.2, 0.25) is 0 Å². The molecule has 2 aromatic heterocycles. The molecule has 4 aromatic carbocycles. The molecule has 34 heavy (non-hydrogen) atoms. The molecule has 0 saturated heterocycles. The van der Waals surface area contributed by atoms with E-state index in [9.17, 15) is 5.26 Å². The van der Waals surface area contributed by atoms with Crippen molar-refractivity contribution in [2.24, 2.45) is 0 Å². The molecule has 0 saturated carbocycles. The number of hydrogen-bond donors (Lipinski definition) is 0. The van der Waals surface area contributed by atoms with Gasteiger partial charge in [-0.2, -0.15) is 5.26 Å². The van der Waals surface area contributed by atoms with Crippen LogP contribution in [0.2, 0.25) is 0 Å². The second-order valence-electron chi connectivity index (χ2n) is 8.53. The second kappa shape index (κ2) is 8.03. The number of nitrogens with zero attached hydrogens (tertiary/aromatic N) is 3. The molecule has 0 aliphatic heterocycles. The van der Waals surface area contributed by atoms with E-state index in [-0.39, 0.29) is 0 Å². The fourth-order valence-corrected chi connectivity index (χ4v) is 4.69. The number of aromatic nitrogens is 2. The van der Waals surface area contributed by atoms with Crippen LogP contribution < -0.4 is 0 Å². The molecule has 0 radical (unpaired) electrons. The molecule has 0 amide bonds. The van der Waals surface area contributed by atoms with Crippen molar-refractivity contribution in [2.45, 2.75) is 6.92 Å². The highest BCUT2D eigenvalue weighted by Gasteiger charge is 2.15. The van der Waals surface area contributed by atoms with Crippen LogP contribution in [0.1, 0.15) is 11.1 Å². The van der Waals surface area contributed by atoms with Crippen LogP contribution in [0, 0.1) is 18.3 Å². The Morgan fingerprint density at radius 2 is 1.38 bits per heavy atom. The van der Waals surface area contributed by atoms with Crippen molar-refractivity contribution >= 4 is 21.8 Å². The standard InChI is InChI=1S/C31H21N3/c1-21-16-28(25-11-7-10-24(19-25)23-8-3-2-4-9-23)33-31(17-21)34-29-13-6-5-12-26(29)27-18-22(20-32)14-15-30(27)34/h2-19H,1H3. The van der Waals surface area contributed by atoms with Crippen molar-refractivity contribution in [3.8, 4) is 34.3 Å². The van der Waals surface area contributed by atoms with E-state index >= 15 is 0 Å². The minimum absolute atomic E-state index is 0.658. The number of benzene rings is 4. The molecule has 6 aromatic rings. The normalized spacial score (nSPS) is 11.1. The fourth-order valence-electron chi connectivity index (χ4n) is 4.69. The van der Waals surface area contributed by atoms with E-state index in [2.05, 4.69) is 90.4 Å². The third-order valence-corrected chi connectivity index (χ3v) is 6.25. The molecule has 3 nitrogen and oxygen atoms in total. The van der Waals surface area contributed by atoms with Crippen LogP contribution in [0.15, 0.2) is 109 Å². The predicted molar refractivity (Wildman–Crippen MR) is 139 cm³/mol. The van der Waals surface area contributed by atoms with E-state index in [0.717, 1.165) is 44.4 Å². The highest BCUT2D eigenvalue weighted by Crippen LogP contribution is 2.33. The van der Waals surface area contributed by atoms with Gasteiger partial charge >= 0.3 is 0 Å². The SMILES string of the molecule is Cc1cc(-c2cccc(-c3ccccc3)c2)nc(-n2c3ccccc3c3cc(C#N)ccc32)c1. The van der Waals surface area contributed by atoms with Crippen molar-refractivity contribution in [1.29, 1.82) is 5.26 Å². The maximum Gasteiger partial charge on any atom is 0.138 e. The third-order valence-electron chi connectivity index (χ3n) is 6.25. The van der Waals surface area contributed by atoms with Crippen LogP contribution in [0.3, 0.4) is 0 Å². The molecular weight excluding hydrogens is 414 g/mol. The number of fused-ring (bicyclic) bond motifs is 3. The number of rotatable bonds is 3. The summed E-state index contributed by atoms with van der Waals surface area (Å²) in [4.78, 5) is 5.12. The van der Waals surface area contributed by atoms with Crippen molar-refractivity contribution in [1.82, 2.24) is 9.55 Å². The average Bonchev–Trinajstić information content (AvgIpc) is 3.22. The molecular formula is C31H21N3. The van der Waals surface area contributed by atoms with Gasteiger partial charge in [-0.25, -0.2) is 4.98 Å². The lowest BCUT2D eigenvalue weighted by atomic mass is 10.0. The Morgan fingerprint density at radius 1 is 0.647 bits per heavy atom. The van der Waals surface area contributed by atoms with E-state index < -0.39 is 0 Å². The molecule has 0 unspecified atom stereocenters. The first kappa shape index (κ1) is 20.0. The summed E-state index contributed by atoms with van der Waals surface area (Å²) in [6.45, 7) is 2.11. The van der Waals surface area contributed by atoms with E-state index in [0.29, 0.717) is 5.56 Å². The molecule has 160 valence electrons. The summed E-state index contributed by atoms with van der Waals surface area (Å²) in [5.41, 5.74) is 8.30. The number of nitriles is 1. The Balaban J connectivity index is 1.56. The van der Waals surface area contributed by atoms with Crippen LogP contribution in [0.25, 0.3) is 50.0 Å². The first-order valence-electron chi connectivity index (χ1n) is 11.3. The zero-order valence-corrected chi connectivity index (χ0v) is 18.7. The fraction of sp³-hybridized carbons (Fsp3) is 0.0323. The van der Waals surface area contributed by atoms with Crippen molar-refractivity contribution in [2.75, 3.05) is 0 Å². The molecule has 0 atom stereocenters. The highest BCUT2D eigenvalue weighted by molar-refractivity contribution is 6.09. The van der Waals surface area contributed by atoms with Gasteiger partial charge in [-0.1, -0.05) is 66.7 Å². The molecule has 2 heterocycles. The van der Waals surface area contributed by atoms with Gasteiger partial charge in [-0.15, -0.1) is 0 Å². The first-order chi connectivity index (χ1) is 16.7. The van der Waals surface area contributed by atoms with Gasteiger partial charge in [-0.3, -0.25) is 4.57 Å². The van der Waals surface area contributed by atoms with Crippen LogP contribution in [-0.4, -0.2) is 9.55 Å². The third kappa shape index (κ3) is 3.34. The summed E-state index contributed by atoms with van der Waals surface area (Å²) in [6, 6.07) is 39.6. The maximum atomic E-state index is 9.43. The van der Waals surface area contributed by atoms with Crippen LogP contribution in [0.4, 0.5) is 0 Å². The van der Waals surface area contributed by atoms with Gasteiger partial charge in [0, 0.05) is 16.3 Å². The van der Waals surface area contributed by atoms with Crippen LogP contribution in [-0.2, 0) is 0 Å². The van der Waals surface area contributed by atoms with Gasteiger partial charge in [-0.05, 0) is 66.1 Å². The number of hydrogen-bond acceptors (Lipinski definition) is 2. The Morgan fingerprint density at radius 3 is 2.24 bits per heavy atom. The van der Waals surface area contributed by atoms with Crippen LogP contribution >= 0.6 is 0 Å². The smallest absolute Gasteiger partial charge is 0.138 e. The lowest BCUT2D eigenvalue weighted by molar-refractivity contribution is 1.07. The van der Waals surface area contributed by atoms with E-state index in [1.807, 2.05) is 36.4 Å². The summed E-state index contributed by atoms with van der Waals surface area (Å²) < 4.78 is 2.20. The van der Waals surface area contributed by atoms with E-state index in [1.165, 1.54) is 11.1 Å². The molecule has 0 N–H and O–H groups in total. The van der Waals surface area contributed by atoms with Gasteiger partial charge in [0.1, 0.15) is 5.82 Å². The largest absolute Gasteiger partial charge is 0.294 e. The Hall–Kier alpha value is -4.68. The molecule has 6 rings (SSSR count). The summed E-state index contributed by atoms with van der Waals surface area (Å²) >= 11 is 0. The first-order valence-corrected chi connectivity index (χ1v) is 11.3. The van der Waals surface area contributed by atoms with Crippen molar-refractivity contribution in [3.05, 3.63) is 120 Å². The monoisotopic (exact) mass is 435 g/mol. The van der Waals surface area contributed by atoms with E-state index in [4.69, 9.17) is 4.98 Å². The zero-order valence-electron chi connectivity index (χ0n) is 18.7. The van der Waals surface area contributed by atoms with Gasteiger partial charge in [0.25, 0.3) is 0 Å². The van der Waals surface area contributed by atoms with Gasteiger partial charge < -0.3 is 0 Å². The van der Waals surface area contributed by atoms with Crippen LogP contribution in [0.5, 0.6) is 0 Å². The maximum absolute atomic E-state index is 9.43. The Kier molecular flexibility index (Phi) is 4.71. The molecule has 0 aliphatic carbocycles. The number of aryl methyl sites for hydroxylation is 1. The van der Waals surface area contributed by atoms with Gasteiger partial charge in [0.05, 0.1) is 28.4 Å². The molecule has 0 spiro atoms. The molecule has 0 fully saturated rings. The summed E-state index contributed by atoms with van der Waals surface area (Å²) in [5.74, 6) is 0.871. The lowest BCUT2D eigenvalue weighted by Crippen LogP contribution is -2.00. The summed E-state index contributed by atoms with van der Waals surface area (Å²) in [7, 11) is 0. The lowest BCUT2D eigenvalue weighted by Gasteiger charge is -2.12. The molecule has 0 aliphatic rings. The van der Waals surface area contributed by atoms with Gasteiger partial charge in [0.15, 0.2) is 0 Å². The molecule has 0 bridgehead atoms. The topological polar surface area (TPSA) is 41.6 Å². The van der Waals surface area contributed by atoms with E-state index in [1.54, 1.807) is 0 Å². The van der Waals surface area contributed by atoms with Crippen molar-refractivity contribution < 1.29 is 0 Å². The minimum atomic E-state index is 0.658. The predicted octanol–water partition coefficient (Wildman–Crippen LogP) is 7.69. The Labute approximate surface area is 198 Å². The number of pyridine rings is 1. The minimum Gasteiger partial charge on any atom is -0.294 e. The summed E-state index contributed by atoms with van der Waals surface area (Å²) in [5, 5.41) is 11.6. The zero-order chi connectivity index (χ0) is 23.1. The van der Waals surface area contributed by atoms with Crippen molar-refractivity contribution in [3.63, 3.8) is 0 Å². The second-order valence-corrected chi connectivity index (χ2v) is 8.53. The average molecular weight is 436 g/mol. The summed E-state index contributed by atoms with van der Waals surface area (Å²) in [6.07, 6.45) is 0. The quantitative estimate of drug-likeness (QED) is 0.286. The number of para-hydroxylation sites is 1. The molecule has 3 heteroatoms. The highest BCUT2D eigenvalue weighted by atomic mass is 15.1.